The van der Waals surface area contributed by atoms with Crippen LogP contribution in [0.2, 0.25) is 0 Å². The summed E-state index contributed by atoms with van der Waals surface area (Å²) in [5.74, 6) is 2.86. The van der Waals surface area contributed by atoms with Gasteiger partial charge in [0.2, 0.25) is 0 Å². The minimum absolute atomic E-state index is 0.130. The molecule has 3 rings (SSSR count). The number of aliphatic hydroxyl groups excluding tert-OH is 1. The Morgan fingerprint density at radius 1 is 1.07 bits per heavy atom. The third-order valence-electron chi connectivity index (χ3n) is 6.94. The standard InChI is InChI=1S/C14H22.C6H10O2.C6H12O2/c1-4-13-11(3)6-7-12-9-10(2)5-8-14(12)13;7-5-1-2-6(8)4-3-5;1-3-5(4-2)6(7)8/h6-7,9-11,13-14H,4-5,8H2,1-3H3;5,7H,1-4H2;5H,3-4H2,1-2H3,(H,7,8)/t10-,11+,13+,14?;;/m1../s1. The molecule has 3 aliphatic rings. The van der Waals surface area contributed by atoms with Crippen molar-refractivity contribution in [2.75, 3.05) is 0 Å². The molecule has 0 heterocycles. The van der Waals surface area contributed by atoms with Crippen molar-refractivity contribution in [1.82, 2.24) is 0 Å². The van der Waals surface area contributed by atoms with Gasteiger partial charge in [-0.3, -0.25) is 9.59 Å². The first-order chi connectivity index (χ1) is 14.2. The highest BCUT2D eigenvalue weighted by Crippen LogP contribution is 2.42. The average molecular weight is 421 g/mol. The number of hydrogen-bond donors (Lipinski definition) is 2. The van der Waals surface area contributed by atoms with Crippen LogP contribution in [0.1, 0.15) is 92.4 Å². The molecule has 30 heavy (non-hydrogen) atoms. The molecule has 3 aliphatic carbocycles. The van der Waals surface area contributed by atoms with Gasteiger partial charge in [-0.1, -0.05) is 59.3 Å². The first-order valence-electron chi connectivity index (χ1n) is 12.1. The summed E-state index contributed by atoms with van der Waals surface area (Å²) < 4.78 is 0. The Balaban J connectivity index is 0.000000243. The van der Waals surface area contributed by atoms with E-state index in [1.165, 1.54) is 19.3 Å². The first-order valence-corrected chi connectivity index (χ1v) is 12.1. The van der Waals surface area contributed by atoms with Gasteiger partial charge in [0.05, 0.1) is 12.0 Å². The normalized spacial score (nSPS) is 28.5. The van der Waals surface area contributed by atoms with Gasteiger partial charge in [0, 0.05) is 12.8 Å². The maximum Gasteiger partial charge on any atom is 0.306 e. The smallest absolute Gasteiger partial charge is 0.306 e. The number of carboxylic acid groups (broad SMARTS) is 1. The first kappa shape index (κ1) is 26.6. The Morgan fingerprint density at radius 2 is 1.67 bits per heavy atom. The summed E-state index contributed by atoms with van der Waals surface area (Å²) in [6.45, 7) is 10.8. The SMILES string of the molecule is CCC(CC)C(=O)O.CC[C@@H]1C2CC[C@@H](C)C=C2C=C[C@@H]1C.O=C1CCC(O)CC1. The molecule has 0 radical (unpaired) electrons. The number of carboxylic acids is 1. The molecule has 0 aromatic rings. The third-order valence-corrected chi connectivity index (χ3v) is 6.94. The molecule has 0 aromatic carbocycles. The summed E-state index contributed by atoms with van der Waals surface area (Å²) in [7, 11) is 0. The van der Waals surface area contributed by atoms with Crippen molar-refractivity contribution < 1.29 is 19.8 Å². The lowest BCUT2D eigenvalue weighted by Crippen LogP contribution is -2.27. The van der Waals surface area contributed by atoms with Gasteiger partial charge < -0.3 is 10.2 Å². The zero-order chi connectivity index (χ0) is 22.7. The lowest BCUT2D eigenvalue weighted by atomic mass is 9.67. The van der Waals surface area contributed by atoms with Crippen molar-refractivity contribution in [2.24, 2.45) is 29.6 Å². The number of aliphatic hydroxyl groups is 1. The van der Waals surface area contributed by atoms with Gasteiger partial charge in [-0.2, -0.15) is 0 Å². The van der Waals surface area contributed by atoms with Crippen LogP contribution in [0.15, 0.2) is 23.8 Å². The number of carbonyl (C=O) groups excluding carboxylic acids is 1. The van der Waals surface area contributed by atoms with Crippen molar-refractivity contribution in [3.05, 3.63) is 23.8 Å². The molecule has 4 heteroatoms. The topological polar surface area (TPSA) is 74.6 Å². The van der Waals surface area contributed by atoms with Gasteiger partial charge in [-0.05, 0) is 67.8 Å². The van der Waals surface area contributed by atoms with E-state index in [1.807, 2.05) is 13.8 Å². The van der Waals surface area contributed by atoms with Crippen LogP contribution in [-0.4, -0.2) is 28.1 Å². The van der Waals surface area contributed by atoms with Crippen LogP contribution in [0.3, 0.4) is 0 Å². The second kappa shape index (κ2) is 13.8. The van der Waals surface area contributed by atoms with E-state index in [9.17, 15) is 9.59 Å². The number of ketones is 1. The van der Waals surface area contributed by atoms with Crippen LogP contribution in [0.4, 0.5) is 0 Å². The van der Waals surface area contributed by atoms with Crippen LogP contribution < -0.4 is 0 Å². The van der Waals surface area contributed by atoms with E-state index in [4.69, 9.17) is 10.2 Å². The number of aliphatic carboxylic acids is 1. The maximum atomic E-state index is 10.5. The summed E-state index contributed by atoms with van der Waals surface area (Å²) in [4.78, 5) is 20.7. The zero-order valence-corrected chi connectivity index (χ0v) is 19.8. The average Bonchev–Trinajstić information content (AvgIpc) is 2.72. The molecule has 0 bridgehead atoms. The maximum absolute atomic E-state index is 10.5. The van der Waals surface area contributed by atoms with Crippen molar-refractivity contribution >= 4 is 11.8 Å². The highest BCUT2D eigenvalue weighted by atomic mass is 16.4. The number of rotatable bonds is 4. The summed E-state index contributed by atoms with van der Waals surface area (Å²) in [5, 5.41) is 17.2. The Bertz CT molecular complexity index is 578. The minimum Gasteiger partial charge on any atom is -0.481 e. The van der Waals surface area contributed by atoms with Crippen molar-refractivity contribution in [3.8, 4) is 0 Å². The molecule has 4 atom stereocenters. The Kier molecular flexibility index (Phi) is 12.2. The predicted octanol–water partition coefficient (Wildman–Crippen LogP) is 6.19. The molecule has 172 valence electrons. The van der Waals surface area contributed by atoms with Gasteiger partial charge in [-0.15, -0.1) is 0 Å². The van der Waals surface area contributed by atoms with Gasteiger partial charge in [0.1, 0.15) is 5.78 Å². The van der Waals surface area contributed by atoms with Crippen molar-refractivity contribution in [2.45, 2.75) is 98.5 Å². The third kappa shape index (κ3) is 8.75. The van der Waals surface area contributed by atoms with Crippen LogP contribution in [-0.2, 0) is 9.59 Å². The molecule has 4 nitrogen and oxygen atoms in total. The number of hydrogen-bond acceptors (Lipinski definition) is 3. The quantitative estimate of drug-likeness (QED) is 0.569. The molecule has 1 saturated carbocycles. The molecule has 2 N–H and O–H groups in total. The van der Waals surface area contributed by atoms with Gasteiger partial charge in [0.15, 0.2) is 0 Å². The van der Waals surface area contributed by atoms with E-state index in [1.54, 1.807) is 5.57 Å². The lowest BCUT2D eigenvalue weighted by Gasteiger charge is -2.38. The molecular formula is C26H44O4. The van der Waals surface area contributed by atoms with E-state index in [-0.39, 0.29) is 12.0 Å². The molecule has 0 amide bonds. The van der Waals surface area contributed by atoms with E-state index >= 15 is 0 Å². The monoisotopic (exact) mass is 420 g/mol. The summed E-state index contributed by atoms with van der Waals surface area (Å²) in [6, 6.07) is 0. The van der Waals surface area contributed by atoms with E-state index in [0.29, 0.717) is 31.5 Å². The second-order valence-electron chi connectivity index (χ2n) is 9.24. The van der Waals surface area contributed by atoms with E-state index in [0.717, 1.165) is 36.5 Å². The molecule has 0 aliphatic heterocycles. The van der Waals surface area contributed by atoms with Gasteiger partial charge in [-0.25, -0.2) is 0 Å². The second-order valence-corrected chi connectivity index (χ2v) is 9.24. The highest BCUT2D eigenvalue weighted by Gasteiger charge is 2.31. The van der Waals surface area contributed by atoms with E-state index < -0.39 is 5.97 Å². The molecule has 0 spiro atoms. The van der Waals surface area contributed by atoms with Crippen LogP contribution >= 0.6 is 0 Å². The molecule has 1 fully saturated rings. The zero-order valence-electron chi connectivity index (χ0n) is 19.8. The minimum atomic E-state index is -0.671. The van der Waals surface area contributed by atoms with Gasteiger partial charge in [0.25, 0.3) is 0 Å². The van der Waals surface area contributed by atoms with Gasteiger partial charge >= 0.3 is 5.97 Å². The number of fused-ring (bicyclic) bond motifs is 1. The van der Waals surface area contributed by atoms with Crippen LogP contribution in [0, 0.1) is 29.6 Å². The number of allylic oxidation sites excluding steroid dienone is 4. The lowest BCUT2D eigenvalue weighted by molar-refractivity contribution is -0.141. The van der Waals surface area contributed by atoms with Crippen molar-refractivity contribution in [3.63, 3.8) is 0 Å². The summed E-state index contributed by atoms with van der Waals surface area (Å²) in [5.41, 5.74) is 1.63. The largest absolute Gasteiger partial charge is 0.481 e. The van der Waals surface area contributed by atoms with Crippen LogP contribution in [0.5, 0.6) is 0 Å². The fraction of sp³-hybridized carbons (Fsp3) is 0.769. The Labute approximate surface area is 183 Å². The summed E-state index contributed by atoms with van der Waals surface area (Å²) >= 11 is 0. The molecular weight excluding hydrogens is 376 g/mol. The predicted molar refractivity (Wildman–Crippen MR) is 123 cm³/mol. The van der Waals surface area contributed by atoms with Crippen molar-refractivity contribution in [1.29, 1.82) is 0 Å². The molecule has 0 saturated heterocycles. The number of Topliss-reactive ketones (excluding diaryl/α,β-unsaturated/α-hetero) is 1. The highest BCUT2D eigenvalue weighted by molar-refractivity contribution is 5.79. The fourth-order valence-corrected chi connectivity index (χ4v) is 4.78. The Hall–Kier alpha value is -1.42. The fourth-order valence-electron chi connectivity index (χ4n) is 4.78. The Morgan fingerprint density at radius 3 is 2.10 bits per heavy atom. The molecule has 1 unspecified atom stereocenters. The number of carbonyl (C=O) groups is 2. The summed E-state index contributed by atoms with van der Waals surface area (Å²) in [6.07, 6.45) is 15.3. The van der Waals surface area contributed by atoms with Crippen LogP contribution in [0.25, 0.3) is 0 Å². The van der Waals surface area contributed by atoms with E-state index in [2.05, 4.69) is 39.0 Å². The molecule has 0 aromatic heterocycles.